The van der Waals surface area contributed by atoms with Crippen LogP contribution < -0.4 is 14.6 Å². The molecule has 0 spiro atoms. The maximum atomic E-state index is 12.8. The van der Waals surface area contributed by atoms with Crippen molar-refractivity contribution in [1.82, 2.24) is 9.71 Å². The van der Waals surface area contributed by atoms with Crippen molar-refractivity contribution in [1.29, 1.82) is 0 Å². The van der Waals surface area contributed by atoms with E-state index in [2.05, 4.69) is 9.17 Å². The fourth-order valence-electron chi connectivity index (χ4n) is 2.43. The molecule has 3 rings (SSSR count). The van der Waals surface area contributed by atoms with E-state index in [-0.39, 0.29) is 6.61 Å². The SMILES string of the molecule is O=C(O)c1c(OS(=O)(=O)C(F)(F)F)c2cccnc2n(OCc2ccccc2)c1=O. The fraction of sp³-hybridized carbons (Fsp3) is 0.118. The molecule has 0 unspecified atom stereocenters. The Morgan fingerprint density at radius 3 is 2.40 bits per heavy atom. The van der Waals surface area contributed by atoms with Crippen LogP contribution in [0.3, 0.4) is 0 Å². The summed E-state index contributed by atoms with van der Waals surface area (Å²) in [7, 11) is -6.26. The average molecular weight is 444 g/mol. The Hall–Kier alpha value is -3.61. The van der Waals surface area contributed by atoms with Gasteiger partial charge in [0.15, 0.2) is 17.0 Å². The number of hydrogen-bond donors (Lipinski definition) is 1. The highest BCUT2D eigenvalue weighted by Crippen LogP contribution is 2.32. The van der Waals surface area contributed by atoms with Gasteiger partial charge >= 0.3 is 27.2 Å². The molecule has 13 heteroatoms. The highest BCUT2D eigenvalue weighted by molar-refractivity contribution is 7.88. The summed E-state index contributed by atoms with van der Waals surface area (Å²) in [4.78, 5) is 33.4. The molecular weight excluding hydrogens is 433 g/mol. The number of benzene rings is 1. The number of hydrogen-bond acceptors (Lipinski definition) is 7. The van der Waals surface area contributed by atoms with Crippen LogP contribution in [-0.4, -0.2) is 34.7 Å². The van der Waals surface area contributed by atoms with E-state index in [1.54, 1.807) is 30.3 Å². The van der Waals surface area contributed by atoms with Crippen molar-refractivity contribution < 1.29 is 40.5 Å². The van der Waals surface area contributed by atoms with Gasteiger partial charge in [-0.3, -0.25) is 4.79 Å². The molecule has 0 saturated heterocycles. The van der Waals surface area contributed by atoms with Crippen LogP contribution in [0.2, 0.25) is 0 Å². The number of aromatic nitrogens is 2. The third-order valence-electron chi connectivity index (χ3n) is 3.74. The Bertz CT molecular complexity index is 1270. The van der Waals surface area contributed by atoms with Crippen molar-refractivity contribution in [3.63, 3.8) is 0 Å². The van der Waals surface area contributed by atoms with E-state index in [0.717, 1.165) is 12.3 Å². The summed E-state index contributed by atoms with van der Waals surface area (Å²) in [6, 6.07) is 10.6. The van der Waals surface area contributed by atoms with Gasteiger partial charge in [-0.1, -0.05) is 30.3 Å². The number of fused-ring (bicyclic) bond motifs is 1. The van der Waals surface area contributed by atoms with Gasteiger partial charge in [0.25, 0.3) is 0 Å². The van der Waals surface area contributed by atoms with Gasteiger partial charge in [0, 0.05) is 6.20 Å². The van der Waals surface area contributed by atoms with Crippen LogP contribution in [0.1, 0.15) is 15.9 Å². The Morgan fingerprint density at radius 2 is 1.80 bits per heavy atom. The van der Waals surface area contributed by atoms with Gasteiger partial charge in [0.2, 0.25) is 0 Å². The van der Waals surface area contributed by atoms with E-state index in [1.165, 1.54) is 6.07 Å². The lowest BCUT2D eigenvalue weighted by atomic mass is 10.2. The van der Waals surface area contributed by atoms with Crippen molar-refractivity contribution in [2.45, 2.75) is 12.1 Å². The van der Waals surface area contributed by atoms with Crippen molar-refractivity contribution >= 4 is 27.1 Å². The average Bonchev–Trinajstić information content (AvgIpc) is 2.67. The second kappa shape index (κ2) is 7.67. The van der Waals surface area contributed by atoms with E-state index in [0.29, 0.717) is 10.3 Å². The van der Waals surface area contributed by atoms with E-state index in [9.17, 15) is 36.3 Å². The van der Waals surface area contributed by atoms with Crippen molar-refractivity contribution in [3.8, 4) is 5.75 Å². The molecule has 30 heavy (non-hydrogen) atoms. The summed E-state index contributed by atoms with van der Waals surface area (Å²) >= 11 is 0. The maximum Gasteiger partial charge on any atom is 0.534 e. The van der Waals surface area contributed by atoms with Gasteiger partial charge in [0.1, 0.15) is 6.61 Å². The van der Waals surface area contributed by atoms with Gasteiger partial charge in [-0.25, -0.2) is 9.78 Å². The van der Waals surface area contributed by atoms with Crippen LogP contribution in [0.15, 0.2) is 53.5 Å². The third-order valence-corrected chi connectivity index (χ3v) is 4.70. The summed E-state index contributed by atoms with van der Waals surface area (Å²) in [5.41, 5.74) is -8.52. The van der Waals surface area contributed by atoms with Gasteiger partial charge in [-0.05, 0) is 17.7 Å². The molecule has 0 fully saturated rings. The number of carboxylic acid groups (broad SMARTS) is 1. The summed E-state index contributed by atoms with van der Waals surface area (Å²) in [6.07, 6.45) is 1.15. The lowest BCUT2D eigenvalue weighted by Crippen LogP contribution is -2.35. The molecule has 1 N–H and O–H groups in total. The number of halogens is 3. The zero-order chi connectivity index (χ0) is 22.1. The molecule has 2 aromatic heterocycles. The number of carboxylic acids is 1. The predicted octanol–water partition coefficient (Wildman–Crippen LogP) is 1.95. The van der Waals surface area contributed by atoms with Crippen molar-refractivity contribution in [3.05, 3.63) is 70.1 Å². The number of pyridine rings is 2. The molecule has 0 radical (unpaired) electrons. The number of rotatable bonds is 6. The van der Waals surface area contributed by atoms with Crippen LogP contribution in [0.5, 0.6) is 5.75 Å². The topological polar surface area (TPSA) is 125 Å². The molecule has 0 aliphatic carbocycles. The van der Waals surface area contributed by atoms with Crippen LogP contribution in [0.4, 0.5) is 13.2 Å². The first-order valence-electron chi connectivity index (χ1n) is 7.98. The molecule has 158 valence electrons. The van der Waals surface area contributed by atoms with Crippen LogP contribution >= 0.6 is 0 Å². The first-order valence-corrected chi connectivity index (χ1v) is 9.39. The summed E-state index contributed by atoms with van der Waals surface area (Å²) in [6.45, 7) is -0.216. The van der Waals surface area contributed by atoms with Gasteiger partial charge in [-0.15, -0.1) is 4.73 Å². The molecule has 0 saturated carbocycles. The summed E-state index contributed by atoms with van der Waals surface area (Å²) < 4.78 is 65.6. The van der Waals surface area contributed by atoms with E-state index in [4.69, 9.17) is 4.84 Å². The van der Waals surface area contributed by atoms with E-state index < -0.39 is 49.5 Å². The number of nitrogens with zero attached hydrogens (tertiary/aromatic N) is 2. The molecule has 0 aliphatic heterocycles. The Morgan fingerprint density at radius 1 is 1.13 bits per heavy atom. The number of aromatic carboxylic acids is 1. The zero-order valence-electron chi connectivity index (χ0n) is 14.7. The number of alkyl halides is 3. The monoisotopic (exact) mass is 444 g/mol. The third kappa shape index (κ3) is 3.91. The highest BCUT2D eigenvalue weighted by atomic mass is 32.2. The van der Waals surface area contributed by atoms with Gasteiger partial charge in [-0.2, -0.15) is 21.6 Å². The number of carbonyl (C=O) groups is 1. The maximum absolute atomic E-state index is 12.8. The second-order valence-corrected chi connectivity index (χ2v) is 7.26. The van der Waals surface area contributed by atoms with Gasteiger partial charge in [0.05, 0.1) is 5.39 Å². The van der Waals surface area contributed by atoms with E-state index >= 15 is 0 Å². The van der Waals surface area contributed by atoms with Crippen molar-refractivity contribution in [2.24, 2.45) is 0 Å². The molecule has 9 nitrogen and oxygen atoms in total. The molecule has 0 aliphatic rings. The molecule has 0 atom stereocenters. The summed E-state index contributed by atoms with van der Waals surface area (Å²) in [5, 5.41) is 8.88. The Kier molecular flexibility index (Phi) is 5.39. The highest BCUT2D eigenvalue weighted by Gasteiger charge is 2.49. The smallest absolute Gasteiger partial charge is 0.477 e. The largest absolute Gasteiger partial charge is 0.534 e. The predicted molar refractivity (Wildman–Crippen MR) is 95.3 cm³/mol. The first kappa shape index (κ1) is 21.1. The molecule has 1 aromatic carbocycles. The van der Waals surface area contributed by atoms with Crippen LogP contribution in [-0.2, 0) is 16.7 Å². The minimum absolute atomic E-state index is 0.216. The molecule has 0 amide bonds. The molecule has 3 aromatic rings. The summed E-state index contributed by atoms with van der Waals surface area (Å²) in [5.74, 6) is -3.33. The zero-order valence-corrected chi connectivity index (χ0v) is 15.5. The second-order valence-electron chi connectivity index (χ2n) is 5.73. The Balaban J connectivity index is 2.23. The van der Waals surface area contributed by atoms with Crippen molar-refractivity contribution in [2.75, 3.05) is 0 Å². The minimum atomic E-state index is -6.26. The normalized spacial score (nSPS) is 12.0. The quantitative estimate of drug-likeness (QED) is 0.452. The van der Waals surface area contributed by atoms with Crippen LogP contribution in [0, 0.1) is 0 Å². The Labute approximate surface area is 166 Å². The molecular formula is C17H11F3N2O7S. The van der Waals surface area contributed by atoms with Crippen LogP contribution in [0.25, 0.3) is 11.0 Å². The van der Waals surface area contributed by atoms with Gasteiger partial charge < -0.3 is 14.1 Å². The fourth-order valence-corrected chi connectivity index (χ4v) is 2.92. The lowest BCUT2D eigenvalue weighted by molar-refractivity contribution is -0.0500. The standard InChI is InChI=1S/C17H11F3N2O7S/c18-17(19,20)30(26,27)29-13-11-7-4-8-21-14(11)22(15(23)12(13)16(24)25)28-9-10-5-2-1-3-6-10/h1-8H,9H2,(H,24,25). The molecule has 0 bridgehead atoms. The van der Waals surface area contributed by atoms with E-state index in [1.807, 2.05) is 0 Å². The molecule has 2 heterocycles. The first-order chi connectivity index (χ1) is 14.0. The lowest BCUT2D eigenvalue weighted by Gasteiger charge is -2.16. The minimum Gasteiger partial charge on any atom is -0.477 e.